The third kappa shape index (κ3) is 4.69. The molecule has 0 saturated heterocycles. The number of nitrogens with zero attached hydrogens (tertiary/aromatic N) is 3. The Bertz CT molecular complexity index is 2330. The average Bonchev–Trinajstić information content (AvgIpc) is 3.15. The zero-order valence-electron chi connectivity index (χ0n) is 29.3. The SMILES string of the molecule is CC1(C)c2ccccc2N(C2=CC(=N)/C(=N\Nc3ccc(N4c5ccccc5C(C)(C)c5ccccc54)cc3)c3ccccc32)c2ccccc21. The van der Waals surface area contributed by atoms with Gasteiger partial charge >= 0.3 is 0 Å². The van der Waals surface area contributed by atoms with Gasteiger partial charge in [-0.2, -0.15) is 5.10 Å². The molecule has 9 rings (SSSR count). The Kier molecular flexibility index (Phi) is 6.91. The van der Waals surface area contributed by atoms with Crippen LogP contribution in [0.4, 0.5) is 34.1 Å². The quantitative estimate of drug-likeness (QED) is 0.185. The fourth-order valence-electron chi connectivity index (χ4n) is 8.33. The van der Waals surface area contributed by atoms with E-state index >= 15 is 0 Å². The van der Waals surface area contributed by atoms with Crippen molar-refractivity contribution in [2.45, 2.75) is 38.5 Å². The molecule has 6 aromatic carbocycles. The van der Waals surface area contributed by atoms with E-state index in [1.807, 2.05) is 12.1 Å². The second kappa shape index (κ2) is 11.4. The predicted molar refractivity (Wildman–Crippen MR) is 213 cm³/mol. The number of rotatable bonds is 4. The van der Waals surface area contributed by atoms with Crippen LogP contribution in [0, 0.1) is 5.41 Å². The zero-order chi connectivity index (χ0) is 34.9. The molecule has 6 aromatic rings. The molecule has 0 amide bonds. The second-order valence-electron chi connectivity index (χ2n) is 14.6. The van der Waals surface area contributed by atoms with Crippen molar-refractivity contribution in [1.82, 2.24) is 0 Å². The van der Waals surface area contributed by atoms with Gasteiger partial charge in [-0.05, 0) is 76.9 Å². The molecule has 0 saturated carbocycles. The summed E-state index contributed by atoms with van der Waals surface area (Å²) in [7, 11) is 0. The normalized spacial score (nSPS) is 17.1. The van der Waals surface area contributed by atoms with E-state index in [0.717, 1.165) is 39.6 Å². The number of nitrogens with one attached hydrogen (secondary N) is 2. The summed E-state index contributed by atoms with van der Waals surface area (Å²) in [6.45, 7) is 9.19. The minimum atomic E-state index is -0.157. The molecule has 51 heavy (non-hydrogen) atoms. The Labute approximate surface area is 299 Å². The number of hydrogen-bond donors (Lipinski definition) is 2. The predicted octanol–water partition coefficient (Wildman–Crippen LogP) is 11.5. The first kappa shape index (κ1) is 30.8. The van der Waals surface area contributed by atoms with Gasteiger partial charge in [-0.15, -0.1) is 0 Å². The molecule has 5 heteroatoms. The Hall–Kier alpha value is -6.20. The van der Waals surface area contributed by atoms with E-state index in [4.69, 9.17) is 5.10 Å². The van der Waals surface area contributed by atoms with Crippen LogP contribution in [0.2, 0.25) is 0 Å². The Morgan fingerprint density at radius 3 is 1.39 bits per heavy atom. The first-order valence-electron chi connectivity index (χ1n) is 17.6. The van der Waals surface area contributed by atoms with E-state index < -0.39 is 0 Å². The highest BCUT2D eigenvalue weighted by Gasteiger charge is 2.39. The van der Waals surface area contributed by atoms with Crippen LogP contribution in [0.15, 0.2) is 157 Å². The molecule has 0 aromatic heterocycles. The number of benzene rings is 6. The van der Waals surface area contributed by atoms with Crippen LogP contribution in [0.3, 0.4) is 0 Å². The van der Waals surface area contributed by atoms with Gasteiger partial charge in [0.2, 0.25) is 0 Å². The highest BCUT2D eigenvalue weighted by molar-refractivity contribution is 6.54. The number of hydrazone groups is 1. The summed E-state index contributed by atoms with van der Waals surface area (Å²) in [5.41, 5.74) is 18.7. The van der Waals surface area contributed by atoms with Gasteiger partial charge < -0.3 is 9.80 Å². The maximum Gasteiger partial charge on any atom is 0.116 e. The lowest BCUT2D eigenvalue weighted by Crippen LogP contribution is -2.34. The largest absolute Gasteiger partial charge is 0.310 e. The standard InChI is InChI=1S/C46H39N5/c1-45(2)34-17-7-11-21-39(34)50(40-22-12-8-18-35(40)45)31-27-25-30(26-28-31)48-49-44-33-16-6-5-15-32(33)43(29-38(44)47)51-41-23-13-9-19-36(41)46(3,4)37-20-10-14-24-42(37)51/h5-29,47-48H,1-4H3/b47-38?,49-44-. The van der Waals surface area contributed by atoms with Crippen molar-refractivity contribution in [3.8, 4) is 0 Å². The molecule has 0 radical (unpaired) electrons. The lowest BCUT2D eigenvalue weighted by atomic mass is 9.73. The molecule has 248 valence electrons. The van der Waals surface area contributed by atoms with Gasteiger partial charge in [0.25, 0.3) is 0 Å². The second-order valence-corrected chi connectivity index (χ2v) is 14.6. The van der Waals surface area contributed by atoms with Crippen molar-refractivity contribution >= 4 is 51.2 Å². The van der Waals surface area contributed by atoms with Crippen LogP contribution in [-0.2, 0) is 10.8 Å². The number of para-hydroxylation sites is 4. The van der Waals surface area contributed by atoms with Crippen molar-refractivity contribution in [1.29, 1.82) is 5.41 Å². The number of allylic oxidation sites excluding steroid dienone is 1. The minimum Gasteiger partial charge on any atom is -0.310 e. The summed E-state index contributed by atoms with van der Waals surface area (Å²) in [6.07, 6.45) is 1.96. The first-order valence-corrected chi connectivity index (χ1v) is 17.6. The van der Waals surface area contributed by atoms with Crippen molar-refractivity contribution in [3.63, 3.8) is 0 Å². The van der Waals surface area contributed by atoms with E-state index in [2.05, 4.69) is 182 Å². The van der Waals surface area contributed by atoms with Gasteiger partial charge in [-0.3, -0.25) is 10.8 Å². The lowest BCUT2D eigenvalue weighted by Gasteiger charge is -2.43. The average molecular weight is 662 g/mol. The van der Waals surface area contributed by atoms with Gasteiger partial charge in [0, 0.05) is 27.6 Å². The smallest absolute Gasteiger partial charge is 0.116 e. The summed E-state index contributed by atoms with van der Waals surface area (Å²) < 4.78 is 0. The van der Waals surface area contributed by atoms with Crippen LogP contribution in [0.25, 0.3) is 5.70 Å². The van der Waals surface area contributed by atoms with Crippen LogP contribution in [0.5, 0.6) is 0 Å². The van der Waals surface area contributed by atoms with Crippen molar-refractivity contribution < 1.29 is 0 Å². The molecule has 0 fully saturated rings. The van der Waals surface area contributed by atoms with Crippen molar-refractivity contribution in [3.05, 3.63) is 185 Å². The molecular formula is C46H39N5. The molecule has 0 spiro atoms. The Balaban J connectivity index is 1.06. The molecule has 2 heterocycles. The fraction of sp³-hybridized carbons (Fsp3) is 0.130. The number of hydrogen-bond acceptors (Lipinski definition) is 5. The summed E-state index contributed by atoms with van der Waals surface area (Å²) in [5, 5.41) is 14.2. The van der Waals surface area contributed by atoms with Crippen molar-refractivity contribution in [2.75, 3.05) is 15.2 Å². The van der Waals surface area contributed by atoms with Gasteiger partial charge in [-0.25, -0.2) is 0 Å². The maximum atomic E-state index is 9.30. The van der Waals surface area contributed by atoms with Crippen LogP contribution < -0.4 is 15.2 Å². The molecule has 1 aliphatic carbocycles. The van der Waals surface area contributed by atoms with Crippen LogP contribution >= 0.6 is 0 Å². The molecule has 0 unspecified atom stereocenters. The maximum absolute atomic E-state index is 9.30. The highest BCUT2D eigenvalue weighted by Crippen LogP contribution is 2.53. The molecule has 0 atom stereocenters. The van der Waals surface area contributed by atoms with E-state index in [1.54, 1.807) is 0 Å². The monoisotopic (exact) mass is 661 g/mol. The third-order valence-electron chi connectivity index (χ3n) is 10.9. The van der Waals surface area contributed by atoms with Gasteiger partial charge in [0.1, 0.15) is 5.71 Å². The fourth-order valence-corrected chi connectivity index (χ4v) is 8.33. The lowest BCUT2D eigenvalue weighted by molar-refractivity contribution is 0.632. The Morgan fingerprint density at radius 2 is 0.902 bits per heavy atom. The summed E-state index contributed by atoms with van der Waals surface area (Å²) in [5.74, 6) is 0. The summed E-state index contributed by atoms with van der Waals surface area (Å²) in [6, 6.07) is 51.3. The summed E-state index contributed by atoms with van der Waals surface area (Å²) >= 11 is 0. The minimum absolute atomic E-state index is 0.103. The molecular weight excluding hydrogens is 623 g/mol. The Morgan fingerprint density at radius 1 is 0.490 bits per heavy atom. The van der Waals surface area contributed by atoms with Gasteiger partial charge in [-0.1, -0.05) is 125 Å². The summed E-state index contributed by atoms with van der Waals surface area (Å²) in [4.78, 5) is 4.67. The van der Waals surface area contributed by atoms with E-state index in [-0.39, 0.29) is 10.8 Å². The molecule has 5 nitrogen and oxygen atoms in total. The number of fused-ring (bicyclic) bond motifs is 5. The zero-order valence-corrected chi connectivity index (χ0v) is 29.3. The van der Waals surface area contributed by atoms with E-state index in [1.165, 1.54) is 33.6 Å². The van der Waals surface area contributed by atoms with E-state index in [9.17, 15) is 5.41 Å². The highest BCUT2D eigenvalue weighted by atomic mass is 15.3. The van der Waals surface area contributed by atoms with E-state index in [0.29, 0.717) is 11.4 Å². The molecule has 2 N–H and O–H groups in total. The first-order chi connectivity index (χ1) is 24.7. The van der Waals surface area contributed by atoms with Gasteiger partial charge in [0.05, 0.1) is 39.8 Å². The molecule has 3 aliphatic rings. The molecule has 0 bridgehead atoms. The van der Waals surface area contributed by atoms with Crippen molar-refractivity contribution in [2.24, 2.45) is 5.10 Å². The van der Waals surface area contributed by atoms with Crippen LogP contribution in [-0.4, -0.2) is 11.4 Å². The third-order valence-corrected chi connectivity index (χ3v) is 10.9. The van der Waals surface area contributed by atoms with Gasteiger partial charge in [0.15, 0.2) is 0 Å². The van der Waals surface area contributed by atoms with Crippen LogP contribution in [0.1, 0.15) is 61.1 Å². The molecule has 2 aliphatic heterocycles. The topological polar surface area (TPSA) is 54.7 Å². The number of anilines is 6.